The Labute approximate surface area is 201 Å². The highest BCUT2D eigenvalue weighted by Crippen LogP contribution is 2.27. The molecule has 0 fully saturated rings. The Kier molecular flexibility index (Phi) is 9.90. The molecule has 0 amide bonds. The van der Waals surface area contributed by atoms with Crippen molar-refractivity contribution in [2.75, 3.05) is 41.4 Å². The Balaban J connectivity index is 0.00000341. The third kappa shape index (κ3) is 6.49. The van der Waals surface area contributed by atoms with Crippen molar-refractivity contribution < 1.29 is 9.47 Å². The molecule has 1 N–H and O–H groups in total. The van der Waals surface area contributed by atoms with E-state index in [1.54, 1.807) is 14.2 Å². The van der Waals surface area contributed by atoms with Gasteiger partial charge in [0.25, 0.3) is 0 Å². The third-order valence-electron chi connectivity index (χ3n) is 5.14. The first-order valence-electron chi connectivity index (χ1n) is 10.2. The predicted molar refractivity (Wildman–Crippen MR) is 137 cm³/mol. The molecule has 3 aromatic rings. The Bertz CT molecular complexity index is 989. The number of imidazole rings is 1. The summed E-state index contributed by atoms with van der Waals surface area (Å²) in [5.41, 5.74) is 3.41. The van der Waals surface area contributed by atoms with Gasteiger partial charge < -0.3 is 24.3 Å². The van der Waals surface area contributed by atoms with Crippen LogP contribution in [0.5, 0.6) is 11.5 Å². The molecule has 1 aromatic heterocycles. The molecule has 0 atom stereocenters. The monoisotopic (exact) mass is 537 g/mol. The fourth-order valence-corrected chi connectivity index (χ4v) is 3.46. The van der Waals surface area contributed by atoms with E-state index in [0.29, 0.717) is 0 Å². The lowest BCUT2D eigenvalue weighted by atomic mass is 10.1. The van der Waals surface area contributed by atoms with Crippen LogP contribution < -0.4 is 14.8 Å². The van der Waals surface area contributed by atoms with Gasteiger partial charge in [-0.3, -0.25) is 4.99 Å². The van der Waals surface area contributed by atoms with Gasteiger partial charge in [0, 0.05) is 33.7 Å². The summed E-state index contributed by atoms with van der Waals surface area (Å²) in [7, 11) is 7.18. The van der Waals surface area contributed by atoms with Crippen molar-refractivity contribution in [1.82, 2.24) is 19.8 Å². The number of halogens is 1. The number of hydrogen-bond donors (Lipinski definition) is 1. The summed E-state index contributed by atoms with van der Waals surface area (Å²) < 4.78 is 12.9. The molecule has 0 saturated heterocycles. The van der Waals surface area contributed by atoms with Crippen LogP contribution in [0.2, 0.25) is 0 Å². The summed E-state index contributed by atoms with van der Waals surface area (Å²) in [6.45, 7) is 2.61. The van der Waals surface area contributed by atoms with Crippen LogP contribution in [-0.4, -0.2) is 61.8 Å². The fraction of sp³-hybridized carbons (Fsp3) is 0.391. The van der Waals surface area contributed by atoms with Crippen molar-refractivity contribution in [1.29, 1.82) is 0 Å². The minimum absolute atomic E-state index is 0. The number of benzene rings is 2. The van der Waals surface area contributed by atoms with Gasteiger partial charge in [0.05, 0.1) is 31.6 Å². The Morgan fingerprint density at radius 3 is 2.65 bits per heavy atom. The molecular formula is C23H32IN5O2. The van der Waals surface area contributed by atoms with Gasteiger partial charge in [-0.25, -0.2) is 4.98 Å². The van der Waals surface area contributed by atoms with E-state index in [1.165, 1.54) is 11.1 Å². The van der Waals surface area contributed by atoms with E-state index < -0.39 is 0 Å². The highest BCUT2D eigenvalue weighted by atomic mass is 127. The second-order valence-electron chi connectivity index (χ2n) is 7.12. The number of aryl methyl sites for hydroxylation is 1. The molecule has 0 saturated carbocycles. The number of fused-ring (bicyclic) bond motifs is 1. The van der Waals surface area contributed by atoms with Gasteiger partial charge in [-0.15, -0.1) is 24.0 Å². The van der Waals surface area contributed by atoms with Gasteiger partial charge in [0.1, 0.15) is 0 Å². The van der Waals surface area contributed by atoms with Crippen molar-refractivity contribution in [2.24, 2.45) is 4.99 Å². The number of aliphatic imine (C=N–C) groups is 1. The van der Waals surface area contributed by atoms with Crippen LogP contribution in [0, 0.1) is 0 Å². The van der Waals surface area contributed by atoms with Crippen molar-refractivity contribution in [3.05, 3.63) is 54.4 Å². The maximum Gasteiger partial charge on any atom is 0.193 e. The third-order valence-corrected chi connectivity index (χ3v) is 5.14. The molecule has 0 spiro atoms. The van der Waals surface area contributed by atoms with Crippen molar-refractivity contribution >= 4 is 41.0 Å². The zero-order valence-corrected chi connectivity index (χ0v) is 21.0. The first kappa shape index (κ1) is 24.8. The SMILES string of the molecule is CN=C(NCCCn1cnc2ccccc21)N(C)CCc1ccc(OC)c(OC)c1.I. The number of rotatable bonds is 9. The number of guanidine groups is 1. The molecule has 0 bridgehead atoms. The number of aromatic nitrogens is 2. The summed E-state index contributed by atoms with van der Waals surface area (Å²) in [5, 5.41) is 3.45. The summed E-state index contributed by atoms with van der Waals surface area (Å²) in [6.07, 6.45) is 3.79. The van der Waals surface area contributed by atoms with E-state index in [0.717, 1.165) is 55.5 Å². The minimum Gasteiger partial charge on any atom is -0.493 e. The van der Waals surface area contributed by atoms with Crippen LogP contribution >= 0.6 is 24.0 Å². The molecule has 3 rings (SSSR count). The maximum atomic E-state index is 5.39. The van der Waals surface area contributed by atoms with Crippen LogP contribution in [0.1, 0.15) is 12.0 Å². The number of methoxy groups -OCH3 is 2. The molecule has 1 heterocycles. The molecule has 168 valence electrons. The molecule has 0 aliphatic carbocycles. The van der Waals surface area contributed by atoms with Crippen LogP contribution in [0.3, 0.4) is 0 Å². The van der Waals surface area contributed by atoms with Crippen molar-refractivity contribution in [2.45, 2.75) is 19.4 Å². The number of nitrogens with zero attached hydrogens (tertiary/aromatic N) is 4. The highest BCUT2D eigenvalue weighted by Gasteiger charge is 2.09. The van der Waals surface area contributed by atoms with Gasteiger partial charge in [-0.2, -0.15) is 0 Å². The lowest BCUT2D eigenvalue weighted by molar-refractivity contribution is 0.354. The van der Waals surface area contributed by atoms with E-state index in [9.17, 15) is 0 Å². The molecule has 2 aromatic carbocycles. The van der Waals surface area contributed by atoms with Gasteiger partial charge >= 0.3 is 0 Å². The van der Waals surface area contributed by atoms with Crippen LogP contribution in [0.15, 0.2) is 53.8 Å². The first-order valence-corrected chi connectivity index (χ1v) is 10.2. The number of ether oxygens (including phenoxy) is 2. The number of likely N-dealkylation sites (N-methyl/N-ethyl adjacent to an activating group) is 1. The Morgan fingerprint density at radius 2 is 1.90 bits per heavy atom. The van der Waals surface area contributed by atoms with E-state index in [4.69, 9.17) is 9.47 Å². The molecule has 0 radical (unpaired) electrons. The van der Waals surface area contributed by atoms with Crippen LogP contribution in [0.25, 0.3) is 11.0 Å². The van der Waals surface area contributed by atoms with Crippen LogP contribution in [0.4, 0.5) is 0 Å². The molecule has 0 aliphatic heterocycles. The molecule has 7 nitrogen and oxygen atoms in total. The lowest BCUT2D eigenvalue weighted by Crippen LogP contribution is -2.40. The Morgan fingerprint density at radius 1 is 1.13 bits per heavy atom. The Hall–Kier alpha value is -2.49. The predicted octanol–water partition coefficient (Wildman–Crippen LogP) is 3.81. The van der Waals surface area contributed by atoms with E-state index >= 15 is 0 Å². The molecular weight excluding hydrogens is 505 g/mol. The number of hydrogen-bond acceptors (Lipinski definition) is 4. The quantitative estimate of drug-likeness (QED) is 0.195. The minimum atomic E-state index is 0. The van der Waals surface area contributed by atoms with Gasteiger partial charge in [0.15, 0.2) is 17.5 Å². The summed E-state index contributed by atoms with van der Waals surface area (Å²) in [5.74, 6) is 2.40. The molecule has 0 aliphatic rings. The summed E-state index contributed by atoms with van der Waals surface area (Å²) >= 11 is 0. The van der Waals surface area contributed by atoms with Gasteiger partial charge in [-0.1, -0.05) is 18.2 Å². The lowest BCUT2D eigenvalue weighted by Gasteiger charge is -2.22. The van der Waals surface area contributed by atoms with Crippen molar-refractivity contribution in [3.8, 4) is 11.5 Å². The molecule has 8 heteroatoms. The molecule has 0 unspecified atom stereocenters. The maximum absolute atomic E-state index is 5.39. The van der Waals surface area contributed by atoms with Gasteiger partial charge in [0.2, 0.25) is 0 Å². The average molecular weight is 537 g/mol. The summed E-state index contributed by atoms with van der Waals surface area (Å²) in [4.78, 5) is 11.0. The highest BCUT2D eigenvalue weighted by molar-refractivity contribution is 14.0. The van der Waals surface area contributed by atoms with E-state index in [-0.39, 0.29) is 24.0 Å². The van der Waals surface area contributed by atoms with E-state index in [2.05, 4.69) is 43.9 Å². The largest absolute Gasteiger partial charge is 0.493 e. The first-order chi connectivity index (χ1) is 14.7. The molecule has 31 heavy (non-hydrogen) atoms. The zero-order chi connectivity index (χ0) is 21.3. The zero-order valence-electron chi connectivity index (χ0n) is 18.7. The standard InChI is InChI=1S/C23H31N5O2.HI/c1-24-23(25-13-7-14-28-17-26-19-8-5-6-9-20(19)28)27(2)15-12-18-10-11-21(29-3)22(16-18)30-4;/h5-6,8-11,16-17H,7,12-15H2,1-4H3,(H,24,25);1H. The second kappa shape index (κ2) is 12.4. The topological polar surface area (TPSA) is 63.9 Å². The van der Waals surface area contributed by atoms with E-state index in [1.807, 2.05) is 43.7 Å². The van der Waals surface area contributed by atoms with Gasteiger partial charge in [-0.05, 0) is 42.7 Å². The second-order valence-corrected chi connectivity index (χ2v) is 7.12. The fourth-order valence-electron chi connectivity index (χ4n) is 3.46. The summed E-state index contributed by atoms with van der Waals surface area (Å²) in [6, 6.07) is 14.3. The number of nitrogens with one attached hydrogen (secondary N) is 1. The normalized spacial score (nSPS) is 11.2. The van der Waals surface area contributed by atoms with Crippen molar-refractivity contribution in [3.63, 3.8) is 0 Å². The number of para-hydroxylation sites is 2. The average Bonchev–Trinajstić information content (AvgIpc) is 3.20. The smallest absolute Gasteiger partial charge is 0.193 e. The van der Waals surface area contributed by atoms with Crippen LogP contribution in [-0.2, 0) is 13.0 Å².